The highest BCUT2D eigenvalue weighted by Crippen LogP contribution is 2.18. The number of esters is 2. The molecule has 0 saturated heterocycles. The molecule has 0 aromatic carbocycles. The molecule has 0 rings (SSSR count). The summed E-state index contributed by atoms with van der Waals surface area (Å²) in [5.41, 5.74) is 0. The molecule has 0 aliphatic heterocycles. The van der Waals surface area contributed by atoms with Crippen molar-refractivity contribution in [2.45, 2.75) is 322 Å². The molecule has 0 radical (unpaired) electrons. The second kappa shape index (κ2) is 56.0. The minimum absolute atomic E-state index is 0.149. The molecule has 0 aromatic heterocycles. The molecular weight excluding hydrogens is 911 g/mol. The van der Waals surface area contributed by atoms with Gasteiger partial charge in [-0.3, -0.25) is 9.59 Å². The number of nitrogens with zero attached hydrogens (tertiary/aromatic N) is 1. The lowest BCUT2D eigenvalue weighted by Gasteiger charge is -2.26. The van der Waals surface area contributed by atoms with Crippen LogP contribution in [0.1, 0.15) is 309 Å². The number of carbonyl (C=O) groups is 3. The lowest BCUT2D eigenvalue weighted by atomic mass is 10.0. The Labute approximate surface area is 452 Å². The van der Waals surface area contributed by atoms with Gasteiger partial charge in [-0.15, -0.1) is 0 Å². The first-order valence-electron chi connectivity index (χ1n) is 31.5. The third-order valence-electron chi connectivity index (χ3n) is 14.2. The third-order valence-corrected chi connectivity index (χ3v) is 14.2. The Morgan fingerprint density at radius 1 is 0.397 bits per heavy atom. The monoisotopic (exact) mass is 1030 g/mol. The van der Waals surface area contributed by atoms with Crippen LogP contribution in [0.4, 0.5) is 0 Å². The molecule has 0 amide bonds. The van der Waals surface area contributed by atoms with Crippen molar-refractivity contribution in [1.29, 1.82) is 0 Å². The van der Waals surface area contributed by atoms with Crippen molar-refractivity contribution in [3.05, 3.63) is 24.3 Å². The van der Waals surface area contributed by atoms with E-state index in [1.807, 2.05) is 21.1 Å². The second-order valence-electron chi connectivity index (χ2n) is 22.7. The number of ether oxygens (including phenoxy) is 4. The van der Waals surface area contributed by atoms with Gasteiger partial charge in [-0.2, -0.15) is 0 Å². The lowest BCUT2D eigenvalue weighted by molar-refractivity contribution is -0.870. The van der Waals surface area contributed by atoms with E-state index in [1.54, 1.807) is 0 Å². The van der Waals surface area contributed by atoms with Crippen molar-refractivity contribution in [2.24, 2.45) is 0 Å². The van der Waals surface area contributed by atoms with E-state index in [9.17, 15) is 19.5 Å². The summed E-state index contributed by atoms with van der Waals surface area (Å²) >= 11 is 0. The molecule has 9 nitrogen and oxygen atoms in total. The first-order chi connectivity index (χ1) is 35.6. The molecule has 0 heterocycles. The number of aliphatic carboxylic acids is 1. The van der Waals surface area contributed by atoms with Crippen molar-refractivity contribution in [3.63, 3.8) is 0 Å². The van der Waals surface area contributed by atoms with Crippen LogP contribution in [0.3, 0.4) is 0 Å². The minimum Gasteiger partial charge on any atom is -0.545 e. The van der Waals surface area contributed by atoms with Gasteiger partial charge in [0.25, 0.3) is 0 Å². The van der Waals surface area contributed by atoms with Crippen LogP contribution in [0, 0.1) is 0 Å². The topological polar surface area (TPSA) is 111 Å². The fourth-order valence-corrected chi connectivity index (χ4v) is 9.28. The van der Waals surface area contributed by atoms with Gasteiger partial charge < -0.3 is 33.3 Å². The molecule has 2 unspecified atom stereocenters. The van der Waals surface area contributed by atoms with Crippen LogP contribution in [0.5, 0.6) is 0 Å². The van der Waals surface area contributed by atoms with Crippen molar-refractivity contribution < 1.29 is 42.9 Å². The zero-order chi connectivity index (χ0) is 53.4. The Balaban J connectivity index is 3.91. The van der Waals surface area contributed by atoms with Gasteiger partial charge in [0.15, 0.2) is 12.4 Å². The van der Waals surface area contributed by atoms with Gasteiger partial charge in [-0.05, 0) is 57.8 Å². The highest BCUT2D eigenvalue weighted by molar-refractivity contribution is 5.70. The van der Waals surface area contributed by atoms with Crippen LogP contribution in [-0.4, -0.2) is 82.3 Å². The molecule has 0 N–H and O–H groups in total. The Morgan fingerprint density at radius 2 is 0.712 bits per heavy atom. The summed E-state index contributed by atoms with van der Waals surface area (Å²) in [7, 11) is 5.92. The Hall–Kier alpha value is -2.23. The second-order valence-corrected chi connectivity index (χ2v) is 22.7. The average Bonchev–Trinajstić information content (AvgIpc) is 3.36. The van der Waals surface area contributed by atoms with Gasteiger partial charge >= 0.3 is 11.9 Å². The van der Waals surface area contributed by atoms with Crippen LogP contribution < -0.4 is 5.11 Å². The maximum atomic E-state index is 12.8. The number of hydrogen-bond donors (Lipinski definition) is 0. The largest absolute Gasteiger partial charge is 0.545 e. The molecule has 0 spiro atoms. The zero-order valence-corrected chi connectivity index (χ0v) is 49.0. The predicted molar refractivity (Wildman–Crippen MR) is 306 cm³/mol. The number of carboxylic acids is 1. The quantitative estimate of drug-likeness (QED) is 0.0195. The SMILES string of the molecule is CCCC/C=C\CCCCCCCC(=O)OCC(COC(OCC[N+](C)(C)C)C(=O)[O-])OC(=O)CCCCCCCCCCCCCCCCCCCCCCCCCCC/C=C\CCCCCCCCCC. The zero-order valence-electron chi connectivity index (χ0n) is 49.0. The van der Waals surface area contributed by atoms with E-state index in [4.69, 9.17) is 18.9 Å². The Bertz CT molecular complexity index is 1250. The molecule has 0 bridgehead atoms. The van der Waals surface area contributed by atoms with Crippen molar-refractivity contribution >= 4 is 17.9 Å². The predicted octanol–water partition coefficient (Wildman–Crippen LogP) is 17.4. The standard InChI is InChI=1S/C64H121NO8/c1-6-8-10-12-14-16-18-19-20-21-22-23-24-25-26-27-28-29-30-31-32-33-34-35-36-37-38-39-40-41-42-43-45-47-49-51-53-55-62(67)73-60(59-72-64(63(68)69)70-57-56-65(3,4)5)58-71-61(66)54-52-50-48-46-44-17-15-13-11-9-7-2/h13,15,21-22,60,64H,6-12,14,16-20,23-59H2,1-5H3/b15-13-,22-21-. The van der Waals surface area contributed by atoms with Crippen LogP contribution in [0.2, 0.25) is 0 Å². The van der Waals surface area contributed by atoms with Crippen LogP contribution in [-0.2, 0) is 33.3 Å². The number of carbonyl (C=O) groups excluding carboxylic acids is 3. The van der Waals surface area contributed by atoms with Gasteiger partial charge in [0.2, 0.25) is 0 Å². The van der Waals surface area contributed by atoms with E-state index < -0.39 is 24.3 Å². The summed E-state index contributed by atoms with van der Waals surface area (Å²) in [4.78, 5) is 37.2. The summed E-state index contributed by atoms with van der Waals surface area (Å²) in [5.74, 6) is -2.28. The fourth-order valence-electron chi connectivity index (χ4n) is 9.28. The van der Waals surface area contributed by atoms with Crippen LogP contribution >= 0.6 is 0 Å². The average molecular weight is 1030 g/mol. The van der Waals surface area contributed by atoms with E-state index in [0.717, 1.165) is 64.2 Å². The summed E-state index contributed by atoms with van der Waals surface area (Å²) in [6.07, 6.45) is 64.2. The first-order valence-corrected chi connectivity index (χ1v) is 31.5. The highest BCUT2D eigenvalue weighted by atomic mass is 16.7. The summed E-state index contributed by atoms with van der Waals surface area (Å²) < 4.78 is 22.7. The number of rotatable bonds is 59. The molecular formula is C64H121NO8. The van der Waals surface area contributed by atoms with E-state index in [0.29, 0.717) is 11.0 Å². The normalized spacial score (nSPS) is 12.8. The van der Waals surface area contributed by atoms with E-state index >= 15 is 0 Å². The minimum atomic E-state index is -1.62. The van der Waals surface area contributed by atoms with Crippen molar-refractivity contribution in [2.75, 3.05) is 47.5 Å². The molecule has 73 heavy (non-hydrogen) atoms. The van der Waals surface area contributed by atoms with E-state index in [2.05, 4.69) is 38.2 Å². The first kappa shape index (κ1) is 70.8. The Morgan fingerprint density at radius 3 is 1.05 bits per heavy atom. The summed E-state index contributed by atoms with van der Waals surface area (Å²) in [5, 5.41) is 11.7. The van der Waals surface area contributed by atoms with Crippen molar-refractivity contribution in [3.8, 4) is 0 Å². The number of quaternary nitrogens is 1. The number of likely N-dealkylation sites (N-methyl/N-ethyl adjacent to an activating group) is 1. The Kier molecular flexibility index (Phi) is 54.3. The van der Waals surface area contributed by atoms with Gasteiger partial charge in [-0.1, -0.05) is 263 Å². The number of carboxylic acid groups (broad SMARTS) is 1. The van der Waals surface area contributed by atoms with Crippen molar-refractivity contribution in [1.82, 2.24) is 0 Å². The van der Waals surface area contributed by atoms with Gasteiger partial charge in [0.05, 0.1) is 40.3 Å². The summed E-state index contributed by atoms with van der Waals surface area (Å²) in [6.45, 7) is 4.73. The lowest BCUT2D eigenvalue weighted by Crippen LogP contribution is -2.44. The molecule has 0 aliphatic carbocycles. The van der Waals surface area contributed by atoms with E-state index in [1.165, 1.54) is 218 Å². The molecule has 0 saturated carbocycles. The molecule has 2 atom stereocenters. The van der Waals surface area contributed by atoms with Crippen LogP contribution in [0.25, 0.3) is 0 Å². The smallest absolute Gasteiger partial charge is 0.306 e. The maximum Gasteiger partial charge on any atom is 0.306 e. The molecule has 0 fully saturated rings. The molecule has 9 heteroatoms. The molecule has 0 aromatic rings. The van der Waals surface area contributed by atoms with Crippen LogP contribution in [0.15, 0.2) is 24.3 Å². The third kappa shape index (κ3) is 57.3. The summed E-state index contributed by atoms with van der Waals surface area (Å²) in [6, 6.07) is 0. The molecule has 0 aliphatic rings. The fraction of sp³-hybridized carbons (Fsp3) is 0.891. The number of unbranched alkanes of at least 4 members (excludes halogenated alkanes) is 40. The number of hydrogen-bond acceptors (Lipinski definition) is 8. The van der Waals surface area contributed by atoms with E-state index in [-0.39, 0.29) is 38.6 Å². The highest BCUT2D eigenvalue weighted by Gasteiger charge is 2.22. The number of allylic oxidation sites excluding steroid dienone is 4. The van der Waals surface area contributed by atoms with Gasteiger partial charge in [-0.25, -0.2) is 0 Å². The maximum absolute atomic E-state index is 12.8. The molecule has 430 valence electrons. The van der Waals surface area contributed by atoms with Gasteiger partial charge in [0.1, 0.15) is 13.2 Å². The van der Waals surface area contributed by atoms with Gasteiger partial charge in [0, 0.05) is 12.8 Å².